The molecule has 0 aliphatic rings. The fourth-order valence-electron chi connectivity index (χ4n) is 1.76. The van der Waals surface area contributed by atoms with Crippen molar-refractivity contribution < 1.29 is 9.90 Å². The Morgan fingerprint density at radius 2 is 1.70 bits per heavy atom. The number of carbonyl (C=O) groups is 1. The van der Waals surface area contributed by atoms with Crippen molar-refractivity contribution in [1.82, 2.24) is 0 Å². The molecule has 2 N–H and O–H groups in total. The Morgan fingerprint density at radius 3 is 2.26 bits per heavy atom. The van der Waals surface area contributed by atoms with Gasteiger partial charge in [0.2, 0.25) is 5.78 Å². The third kappa shape index (κ3) is 5.15. The van der Waals surface area contributed by atoms with E-state index in [1.165, 1.54) is 12.1 Å². The van der Waals surface area contributed by atoms with Crippen LogP contribution in [0.4, 0.5) is 5.69 Å². The van der Waals surface area contributed by atoms with Crippen molar-refractivity contribution in [1.29, 1.82) is 0 Å². The molecule has 2 rings (SSSR count). The molecule has 0 spiro atoms. The molecule has 0 bridgehead atoms. The van der Waals surface area contributed by atoms with Crippen LogP contribution in [0.25, 0.3) is 5.70 Å². The molecule has 0 heterocycles. The van der Waals surface area contributed by atoms with Crippen LogP contribution in [0.1, 0.15) is 5.56 Å². The molecule has 3 nitrogen and oxygen atoms in total. The quantitative estimate of drug-likeness (QED) is 0.376. The van der Waals surface area contributed by atoms with Crippen molar-refractivity contribution in [2.45, 2.75) is 3.79 Å². The number of benzene rings is 2. The summed E-state index contributed by atoms with van der Waals surface area (Å²) in [6.45, 7) is 0. The molecule has 0 aliphatic carbocycles. The minimum Gasteiger partial charge on any atom is -0.506 e. The van der Waals surface area contributed by atoms with Crippen LogP contribution in [0.3, 0.4) is 0 Å². The zero-order valence-corrected chi connectivity index (χ0v) is 15.4. The Morgan fingerprint density at radius 1 is 1.09 bits per heavy atom. The van der Waals surface area contributed by atoms with E-state index < -0.39 is 9.58 Å². The molecule has 0 fully saturated rings. The fraction of sp³-hybridized carbons (Fsp3) is 0.0625. The molecule has 0 aliphatic heterocycles. The number of ketones is 1. The topological polar surface area (TPSA) is 49.3 Å². The van der Waals surface area contributed by atoms with Crippen molar-refractivity contribution in [3.8, 4) is 5.75 Å². The predicted octanol–water partition coefficient (Wildman–Crippen LogP) is 5.55. The highest BCUT2D eigenvalue weighted by atomic mass is 79.9. The van der Waals surface area contributed by atoms with Crippen molar-refractivity contribution in [2.24, 2.45) is 0 Å². The molecule has 0 saturated carbocycles. The second kappa shape index (κ2) is 7.58. The maximum Gasteiger partial charge on any atom is 0.252 e. The number of nitrogens with one attached hydrogen (secondary N) is 1. The van der Waals surface area contributed by atoms with E-state index in [9.17, 15) is 9.90 Å². The fourth-order valence-corrected chi connectivity index (χ4v) is 2.19. The number of hydrogen-bond donors (Lipinski definition) is 2. The average molecular weight is 436 g/mol. The minimum atomic E-state index is -2.05. The van der Waals surface area contributed by atoms with Gasteiger partial charge in [-0.15, -0.1) is 0 Å². The maximum atomic E-state index is 12.0. The van der Waals surface area contributed by atoms with Crippen LogP contribution in [0.2, 0.25) is 0 Å². The summed E-state index contributed by atoms with van der Waals surface area (Å²) in [5, 5.41) is 12.9. The van der Waals surface area contributed by atoms with E-state index in [0.29, 0.717) is 16.9 Å². The predicted molar refractivity (Wildman–Crippen MR) is 99.1 cm³/mol. The summed E-state index contributed by atoms with van der Waals surface area (Å²) in [5.41, 5.74) is 1.52. The summed E-state index contributed by atoms with van der Waals surface area (Å²) in [4.78, 5) is 12.0. The lowest BCUT2D eigenvalue weighted by Crippen LogP contribution is -2.17. The largest absolute Gasteiger partial charge is 0.506 e. The smallest absolute Gasteiger partial charge is 0.252 e. The lowest BCUT2D eigenvalue weighted by atomic mass is 10.1. The second-order valence-corrected chi connectivity index (χ2v) is 7.77. The van der Waals surface area contributed by atoms with Crippen LogP contribution in [0.15, 0.2) is 59.1 Å². The molecular formula is C16H11BrCl3NO2. The molecule has 23 heavy (non-hydrogen) atoms. The summed E-state index contributed by atoms with van der Waals surface area (Å²) in [5.74, 6) is -0.653. The summed E-state index contributed by atoms with van der Waals surface area (Å²) >= 11 is 20.2. The van der Waals surface area contributed by atoms with Gasteiger partial charge in [-0.2, -0.15) is 0 Å². The summed E-state index contributed by atoms with van der Waals surface area (Å²) in [7, 11) is 0. The highest BCUT2D eigenvalue weighted by Crippen LogP contribution is 2.31. The van der Waals surface area contributed by atoms with Gasteiger partial charge in [0.15, 0.2) is 0 Å². The van der Waals surface area contributed by atoms with Gasteiger partial charge in [0, 0.05) is 16.2 Å². The average Bonchev–Trinajstić information content (AvgIpc) is 2.48. The molecule has 0 atom stereocenters. The minimum absolute atomic E-state index is 0.0387. The molecule has 120 valence electrons. The number of phenols is 1. The maximum absolute atomic E-state index is 12.0. The van der Waals surface area contributed by atoms with Gasteiger partial charge in [-0.1, -0.05) is 75.0 Å². The molecule has 7 heteroatoms. The van der Waals surface area contributed by atoms with Crippen LogP contribution in [0, 0.1) is 0 Å². The number of aromatic hydroxyl groups is 1. The van der Waals surface area contributed by atoms with Crippen LogP contribution >= 0.6 is 50.7 Å². The van der Waals surface area contributed by atoms with Crippen LogP contribution in [-0.4, -0.2) is 14.7 Å². The van der Waals surface area contributed by atoms with Crippen molar-refractivity contribution >= 4 is 67.9 Å². The Labute approximate surface area is 157 Å². The van der Waals surface area contributed by atoms with Gasteiger partial charge in [0.1, 0.15) is 5.75 Å². The molecule has 2 aromatic carbocycles. The van der Waals surface area contributed by atoms with Gasteiger partial charge in [0.25, 0.3) is 3.79 Å². The SMILES string of the molecule is O=C(/C=C(\Nc1ccccc1O)c1ccc(Br)cc1)C(Cl)(Cl)Cl. The first-order chi connectivity index (χ1) is 10.8. The van der Waals surface area contributed by atoms with Crippen LogP contribution in [0.5, 0.6) is 5.75 Å². The highest BCUT2D eigenvalue weighted by molar-refractivity contribution is 9.10. The van der Waals surface area contributed by atoms with E-state index in [0.717, 1.165) is 4.47 Å². The molecule has 0 aromatic heterocycles. The number of carbonyl (C=O) groups excluding carboxylic acids is 1. The zero-order valence-electron chi connectivity index (χ0n) is 11.6. The number of rotatable bonds is 4. The first-order valence-corrected chi connectivity index (χ1v) is 8.34. The number of anilines is 1. The Bertz CT molecular complexity index is 740. The van der Waals surface area contributed by atoms with Gasteiger partial charge in [-0.05, 0) is 29.8 Å². The normalized spacial score (nSPS) is 12.1. The standard InChI is InChI=1S/C16H11BrCl3NO2/c17-11-7-5-10(6-8-11)13(9-15(23)16(18,19)20)21-12-3-1-2-4-14(12)22/h1-9,21-22H/b13-9-. The second-order valence-electron chi connectivity index (χ2n) is 4.57. The van der Waals surface area contributed by atoms with Crippen molar-refractivity contribution in [2.75, 3.05) is 5.32 Å². The third-order valence-electron chi connectivity index (χ3n) is 2.88. The Balaban J connectivity index is 2.43. The number of phenolic OH excluding ortho intramolecular Hbond substituents is 1. The first-order valence-electron chi connectivity index (χ1n) is 6.41. The van der Waals surface area contributed by atoms with E-state index >= 15 is 0 Å². The number of para-hydroxylation sites is 2. The Kier molecular flexibility index (Phi) is 5.98. The summed E-state index contributed by atoms with van der Waals surface area (Å²) in [6, 6.07) is 13.8. The molecule has 0 radical (unpaired) electrons. The van der Waals surface area contributed by atoms with E-state index in [-0.39, 0.29) is 5.75 Å². The van der Waals surface area contributed by atoms with E-state index in [2.05, 4.69) is 21.2 Å². The van der Waals surface area contributed by atoms with Gasteiger partial charge in [-0.3, -0.25) is 4.79 Å². The van der Waals surface area contributed by atoms with E-state index in [4.69, 9.17) is 34.8 Å². The molecule has 0 unspecified atom stereocenters. The zero-order chi connectivity index (χ0) is 17.0. The van der Waals surface area contributed by atoms with Crippen molar-refractivity contribution in [3.63, 3.8) is 0 Å². The third-order valence-corrected chi connectivity index (χ3v) is 3.97. The molecule has 0 amide bonds. The van der Waals surface area contributed by atoms with E-state index in [1.807, 2.05) is 12.1 Å². The van der Waals surface area contributed by atoms with Gasteiger partial charge >= 0.3 is 0 Å². The van der Waals surface area contributed by atoms with Gasteiger partial charge < -0.3 is 10.4 Å². The van der Waals surface area contributed by atoms with Crippen LogP contribution in [-0.2, 0) is 4.79 Å². The molecule has 2 aromatic rings. The highest BCUT2D eigenvalue weighted by Gasteiger charge is 2.29. The van der Waals surface area contributed by atoms with E-state index in [1.54, 1.807) is 30.3 Å². The number of allylic oxidation sites excluding steroid dienone is 1. The van der Waals surface area contributed by atoms with Gasteiger partial charge in [-0.25, -0.2) is 0 Å². The summed E-state index contributed by atoms with van der Waals surface area (Å²) in [6.07, 6.45) is 1.20. The van der Waals surface area contributed by atoms with Crippen molar-refractivity contribution in [3.05, 3.63) is 64.6 Å². The first kappa shape index (κ1) is 18.1. The number of alkyl halides is 3. The summed E-state index contributed by atoms with van der Waals surface area (Å²) < 4.78 is -1.17. The lowest BCUT2D eigenvalue weighted by molar-refractivity contribution is -0.113. The van der Waals surface area contributed by atoms with Gasteiger partial charge in [0.05, 0.1) is 5.69 Å². The Hall–Kier alpha value is -1.20. The molecule has 0 saturated heterocycles. The monoisotopic (exact) mass is 433 g/mol. The lowest BCUT2D eigenvalue weighted by Gasteiger charge is -2.14. The number of hydrogen-bond acceptors (Lipinski definition) is 3. The van der Waals surface area contributed by atoms with Crippen LogP contribution < -0.4 is 5.32 Å². The molecular weight excluding hydrogens is 424 g/mol. The number of halogens is 4.